The standard InChI is InChI=1S/C14H21N3S/c1-10(2)7-11(8-15)17-13-5-4-6-14(18-3)12(13)9-16/h4-6,10-11,17H,7-8,15H2,1-3H3. The monoisotopic (exact) mass is 263 g/mol. The van der Waals surface area contributed by atoms with E-state index in [2.05, 4.69) is 25.2 Å². The Hall–Kier alpha value is -1.18. The number of thioether (sulfide) groups is 1. The highest BCUT2D eigenvalue weighted by molar-refractivity contribution is 7.98. The number of hydrogen-bond donors (Lipinski definition) is 2. The Morgan fingerprint density at radius 3 is 2.67 bits per heavy atom. The lowest BCUT2D eigenvalue weighted by Gasteiger charge is -2.21. The Labute approximate surface area is 114 Å². The van der Waals surface area contributed by atoms with Crippen LogP contribution < -0.4 is 11.1 Å². The van der Waals surface area contributed by atoms with Gasteiger partial charge in [0, 0.05) is 17.5 Å². The van der Waals surface area contributed by atoms with E-state index in [1.165, 1.54) is 0 Å². The molecule has 0 amide bonds. The van der Waals surface area contributed by atoms with Gasteiger partial charge in [0.25, 0.3) is 0 Å². The molecule has 0 aromatic heterocycles. The van der Waals surface area contributed by atoms with Crippen molar-refractivity contribution in [2.45, 2.75) is 31.2 Å². The molecule has 0 spiro atoms. The Bertz CT molecular complexity index is 424. The molecule has 0 saturated carbocycles. The van der Waals surface area contributed by atoms with Gasteiger partial charge in [0.2, 0.25) is 0 Å². The van der Waals surface area contributed by atoms with Crippen molar-refractivity contribution in [3.05, 3.63) is 23.8 Å². The van der Waals surface area contributed by atoms with Crippen LogP contribution in [0.5, 0.6) is 0 Å². The zero-order chi connectivity index (χ0) is 13.5. The highest BCUT2D eigenvalue weighted by Crippen LogP contribution is 2.27. The van der Waals surface area contributed by atoms with Gasteiger partial charge >= 0.3 is 0 Å². The molecule has 1 unspecified atom stereocenters. The minimum atomic E-state index is 0.217. The van der Waals surface area contributed by atoms with E-state index in [9.17, 15) is 5.26 Å². The van der Waals surface area contributed by atoms with E-state index in [0.717, 1.165) is 17.0 Å². The number of hydrogen-bond acceptors (Lipinski definition) is 4. The number of nitrogens with zero attached hydrogens (tertiary/aromatic N) is 1. The van der Waals surface area contributed by atoms with Crippen LogP contribution in [0.15, 0.2) is 23.1 Å². The summed E-state index contributed by atoms with van der Waals surface area (Å²) < 4.78 is 0. The van der Waals surface area contributed by atoms with Crippen LogP contribution in [0.2, 0.25) is 0 Å². The molecule has 4 heteroatoms. The summed E-state index contributed by atoms with van der Waals surface area (Å²) in [6.07, 6.45) is 2.99. The van der Waals surface area contributed by atoms with E-state index in [0.29, 0.717) is 18.0 Å². The summed E-state index contributed by atoms with van der Waals surface area (Å²) in [4.78, 5) is 1.00. The average molecular weight is 263 g/mol. The van der Waals surface area contributed by atoms with Gasteiger partial charge in [-0.1, -0.05) is 19.9 Å². The first-order chi connectivity index (χ1) is 8.62. The van der Waals surface area contributed by atoms with Crippen LogP contribution in [0.25, 0.3) is 0 Å². The zero-order valence-electron chi connectivity index (χ0n) is 11.2. The minimum absolute atomic E-state index is 0.217. The van der Waals surface area contributed by atoms with Crippen molar-refractivity contribution in [3.8, 4) is 6.07 Å². The first-order valence-electron chi connectivity index (χ1n) is 6.16. The number of nitrogens with two attached hydrogens (primary N) is 1. The van der Waals surface area contributed by atoms with Gasteiger partial charge < -0.3 is 11.1 Å². The molecule has 1 aromatic carbocycles. The van der Waals surface area contributed by atoms with Crippen molar-refractivity contribution in [3.63, 3.8) is 0 Å². The molecule has 3 nitrogen and oxygen atoms in total. The van der Waals surface area contributed by atoms with E-state index in [1.807, 2.05) is 24.5 Å². The van der Waals surface area contributed by atoms with E-state index < -0.39 is 0 Å². The van der Waals surface area contributed by atoms with Gasteiger partial charge in [0.05, 0.1) is 11.3 Å². The van der Waals surface area contributed by atoms with Crippen molar-refractivity contribution in [1.82, 2.24) is 0 Å². The van der Waals surface area contributed by atoms with Crippen molar-refractivity contribution in [1.29, 1.82) is 5.26 Å². The summed E-state index contributed by atoms with van der Waals surface area (Å²) >= 11 is 1.59. The number of anilines is 1. The SMILES string of the molecule is CSc1cccc(NC(CN)CC(C)C)c1C#N. The third kappa shape index (κ3) is 3.94. The van der Waals surface area contributed by atoms with Crippen molar-refractivity contribution in [2.75, 3.05) is 18.1 Å². The predicted molar refractivity (Wildman–Crippen MR) is 78.9 cm³/mol. The number of benzene rings is 1. The van der Waals surface area contributed by atoms with Crippen molar-refractivity contribution in [2.24, 2.45) is 11.7 Å². The Balaban J connectivity index is 2.92. The topological polar surface area (TPSA) is 61.8 Å². The van der Waals surface area contributed by atoms with E-state index in [4.69, 9.17) is 5.73 Å². The quantitative estimate of drug-likeness (QED) is 0.774. The fraction of sp³-hybridized carbons (Fsp3) is 0.500. The molecule has 98 valence electrons. The van der Waals surface area contributed by atoms with Gasteiger partial charge in [-0.15, -0.1) is 11.8 Å². The van der Waals surface area contributed by atoms with Gasteiger partial charge in [-0.25, -0.2) is 0 Å². The Morgan fingerprint density at radius 2 is 2.17 bits per heavy atom. The highest BCUT2D eigenvalue weighted by Gasteiger charge is 2.13. The van der Waals surface area contributed by atoms with E-state index >= 15 is 0 Å². The fourth-order valence-corrected chi connectivity index (χ4v) is 2.51. The van der Waals surface area contributed by atoms with E-state index in [-0.39, 0.29) is 6.04 Å². The normalized spacial score (nSPS) is 12.2. The molecule has 0 fully saturated rings. The molecular weight excluding hydrogens is 242 g/mol. The first kappa shape index (κ1) is 14.9. The lowest BCUT2D eigenvalue weighted by molar-refractivity contribution is 0.522. The molecule has 0 bridgehead atoms. The molecule has 0 aliphatic heterocycles. The van der Waals surface area contributed by atoms with Crippen LogP contribution in [-0.2, 0) is 0 Å². The Morgan fingerprint density at radius 1 is 1.44 bits per heavy atom. The third-order valence-electron chi connectivity index (χ3n) is 2.76. The molecule has 1 rings (SSSR count). The number of nitrogens with one attached hydrogen (secondary N) is 1. The minimum Gasteiger partial charge on any atom is -0.380 e. The van der Waals surface area contributed by atoms with Crippen LogP contribution in [0.1, 0.15) is 25.8 Å². The first-order valence-corrected chi connectivity index (χ1v) is 7.38. The second-order valence-corrected chi connectivity index (χ2v) is 5.55. The molecule has 0 heterocycles. The van der Waals surface area contributed by atoms with Crippen LogP contribution >= 0.6 is 11.8 Å². The second kappa shape index (κ2) is 7.30. The summed E-state index contributed by atoms with van der Waals surface area (Å²) in [5, 5.41) is 12.7. The average Bonchev–Trinajstić information content (AvgIpc) is 2.36. The second-order valence-electron chi connectivity index (χ2n) is 4.70. The van der Waals surface area contributed by atoms with Gasteiger partial charge in [0.15, 0.2) is 0 Å². The Kier molecular flexibility index (Phi) is 6.03. The molecule has 0 radical (unpaired) electrons. The van der Waals surface area contributed by atoms with Crippen LogP contribution in [0.4, 0.5) is 5.69 Å². The summed E-state index contributed by atoms with van der Waals surface area (Å²) in [7, 11) is 0. The maximum Gasteiger partial charge on any atom is 0.102 e. The van der Waals surface area contributed by atoms with Crippen LogP contribution in [0, 0.1) is 17.2 Å². The molecule has 0 aliphatic carbocycles. The van der Waals surface area contributed by atoms with Crippen molar-refractivity contribution >= 4 is 17.4 Å². The molecular formula is C14H21N3S. The maximum atomic E-state index is 9.26. The summed E-state index contributed by atoms with van der Waals surface area (Å²) in [5.41, 5.74) is 7.38. The van der Waals surface area contributed by atoms with Gasteiger partial charge in [0.1, 0.15) is 6.07 Å². The zero-order valence-corrected chi connectivity index (χ0v) is 12.1. The maximum absolute atomic E-state index is 9.26. The molecule has 1 aromatic rings. The molecule has 1 atom stereocenters. The highest BCUT2D eigenvalue weighted by atomic mass is 32.2. The largest absolute Gasteiger partial charge is 0.380 e. The smallest absolute Gasteiger partial charge is 0.102 e. The van der Waals surface area contributed by atoms with Gasteiger partial charge in [-0.05, 0) is 30.7 Å². The molecule has 0 aliphatic rings. The van der Waals surface area contributed by atoms with Gasteiger partial charge in [-0.3, -0.25) is 0 Å². The lowest BCUT2D eigenvalue weighted by Crippen LogP contribution is -2.30. The molecule has 0 saturated heterocycles. The third-order valence-corrected chi connectivity index (χ3v) is 3.54. The predicted octanol–water partition coefficient (Wildman–Crippen LogP) is 3.07. The summed E-state index contributed by atoms with van der Waals surface area (Å²) in [6.45, 7) is 4.92. The van der Waals surface area contributed by atoms with Crippen molar-refractivity contribution < 1.29 is 0 Å². The summed E-state index contributed by atoms with van der Waals surface area (Å²) in [6, 6.07) is 8.37. The lowest BCUT2D eigenvalue weighted by atomic mass is 10.0. The number of rotatable bonds is 6. The summed E-state index contributed by atoms with van der Waals surface area (Å²) in [5.74, 6) is 0.584. The van der Waals surface area contributed by atoms with E-state index in [1.54, 1.807) is 11.8 Å². The van der Waals surface area contributed by atoms with Crippen LogP contribution in [-0.4, -0.2) is 18.8 Å². The molecule has 18 heavy (non-hydrogen) atoms. The number of nitriles is 1. The van der Waals surface area contributed by atoms with Gasteiger partial charge in [-0.2, -0.15) is 5.26 Å². The van der Waals surface area contributed by atoms with Crippen LogP contribution in [0.3, 0.4) is 0 Å². The fourth-order valence-electron chi connectivity index (χ4n) is 1.94. The molecule has 3 N–H and O–H groups in total.